The highest BCUT2D eigenvalue weighted by Gasteiger charge is 2.22. The predicted molar refractivity (Wildman–Crippen MR) is 111 cm³/mol. The lowest BCUT2D eigenvalue weighted by molar-refractivity contribution is -0.139. The maximum Gasteiger partial charge on any atom is 0.309 e. The number of nitrogens with two attached hydrogens (primary N) is 1. The predicted octanol–water partition coefficient (Wildman–Crippen LogP) is 3.65. The molecule has 1 heterocycles. The minimum absolute atomic E-state index is 0.0539. The first kappa shape index (κ1) is 20.1. The number of unbranched alkanes of at least 4 members (excludes halogenated alkanes) is 1. The molecule has 5 heteroatoms. The summed E-state index contributed by atoms with van der Waals surface area (Å²) in [5.74, 6) is 0.506. The molecule has 0 spiro atoms. The summed E-state index contributed by atoms with van der Waals surface area (Å²) in [5.41, 5.74) is 10.8. The summed E-state index contributed by atoms with van der Waals surface area (Å²) in [6.07, 6.45) is 3.37. The van der Waals surface area contributed by atoms with E-state index in [0.29, 0.717) is 13.2 Å². The molecule has 5 nitrogen and oxygen atoms in total. The van der Waals surface area contributed by atoms with Gasteiger partial charge < -0.3 is 15.2 Å². The average Bonchev–Trinajstić information content (AvgIpc) is 2.88. The van der Waals surface area contributed by atoms with Gasteiger partial charge in [-0.1, -0.05) is 50.1 Å². The molecule has 0 saturated heterocycles. The van der Waals surface area contributed by atoms with Crippen LogP contribution in [0.15, 0.2) is 47.5 Å². The molecule has 2 aromatic carbocycles. The Labute approximate surface area is 166 Å². The summed E-state index contributed by atoms with van der Waals surface area (Å²) in [5, 5.41) is 0. The number of methoxy groups -OCH3 is 1. The fourth-order valence-corrected chi connectivity index (χ4v) is 3.41. The summed E-state index contributed by atoms with van der Waals surface area (Å²) in [4.78, 5) is 16.8. The monoisotopic (exact) mass is 380 g/mol. The van der Waals surface area contributed by atoms with Gasteiger partial charge in [-0.05, 0) is 29.7 Å². The Morgan fingerprint density at radius 3 is 2.82 bits per heavy atom. The van der Waals surface area contributed by atoms with Crippen LogP contribution in [0.5, 0.6) is 5.75 Å². The number of hydrogen-bond donors (Lipinski definition) is 1. The maximum absolute atomic E-state index is 11.7. The van der Waals surface area contributed by atoms with Crippen molar-refractivity contribution >= 4 is 11.7 Å². The number of esters is 1. The van der Waals surface area contributed by atoms with Gasteiger partial charge in [0.15, 0.2) is 0 Å². The van der Waals surface area contributed by atoms with Crippen molar-refractivity contribution in [3.63, 3.8) is 0 Å². The van der Waals surface area contributed by atoms with Crippen LogP contribution in [0, 0.1) is 0 Å². The van der Waals surface area contributed by atoms with Crippen molar-refractivity contribution in [2.45, 2.75) is 45.3 Å². The van der Waals surface area contributed by atoms with Crippen LogP contribution in [0.25, 0.3) is 0 Å². The second-order valence-electron chi connectivity index (χ2n) is 7.04. The van der Waals surface area contributed by atoms with Crippen LogP contribution < -0.4 is 10.5 Å². The van der Waals surface area contributed by atoms with Crippen LogP contribution in [-0.4, -0.2) is 31.4 Å². The van der Waals surface area contributed by atoms with Gasteiger partial charge in [0.05, 0.1) is 25.3 Å². The Bertz CT molecular complexity index is 861. The summed E-state index contributed by atoms with van der Waals surface area (Å²) in [6.45, 7) is 3.16. The van der Waals surface area contributed by atoms with Crippen molar-refractivity contribution in [1.29, 1.82) is 0 Å². The minimum atomic E-state index is -0.267. The summed E-state index contributed by atoms with van der Waals surface area (Å²) < 4.78 is 10.9. The fourth-order valence-electron chi connectivity index (χ4n) is 3.41. The van der Waals surface area contributed by atoms with E-state index in [4.69, 9.17) is 20.2 Å². The Balaban J connectivity index is 2.10. The van der Waals surface area contributed by atoms with Crippen molar-refractivity contribution in [2.24, 2.45) is 10.7 Å². The molecule has 1 aliphatic rings. The number of benzene rings is 2. The zero-order valence-electron chi connectivity index (χ0n) is 16.6. The normalized spacial score (nSPS) is 15.2. The Morgan fingerprint density at radius 2 is 2.07 bits per heavy atom. The zero-order valence-corrected chi connectivity index (χ0v) is 16.6. The lowest BCUT2D eigenvalue weighted by Gasteiger charge is -2.15. The Hall–Kier alpha value is -2.66. The van der Waals surface area contributed by atoms with Gasteiger partial charge in [0.2, 0.25) is 0 Å². The van der Waals surface area contributed by atoms with Crippen molar-refractivity contribution in [1.82, 2.24) is 0 Å². The highest BCUT2D eigenvalue weighted by Crippen LogP contribution is 2.30. The van der Waals surface area contributed by atoms with Crippen molar-refractivity contribution in [2.75, 3.05) is 13.7 Å². The van der Waals surface area contributed by atoms with E-state index in [2.05, 4.69) is 19.1 Å². The average molecular weight is 380 g/mol. The molecule has 0 amide bonds. The van der Waals surface area contributed by atoms with E-state index in [-0.39, 0.29) is 18.4 Å². The van der Waals surface area contributed by atoms with E-state index in [1.54, 1.807) is 0 Å². The van der Waals surface area contributed by atoms with Crippen LogP contribution >= 0.6 is 0 Å². The molecule has 3 rings (SSSR count). The van der Waals surface area contributed by atoms with Crippen molar-refractivity contribution in [3.8, 4) is 5.75 Å². The van der Waals surface area contributed by atoms with E-state index < -0.39 is 0 Å². The smallest absolute Gasteiger partial charge is 0.309 e. The molecule has 2 N–H and O–H groups in total. The molecule has 2 aromatic rings. The molecule has 28 heavy (non-hydrogen) atoms. The third-order valence-electron chi connectivity index (χ3n) is 5.01. The van der Waals surface area contributed by atoms with Crippen LogP contribution in [0.3, 0.4) is 0 Å². The van der Waals surface area contributed by atoms with Gasteiger partial charge in [0, 0.05) is 17.7 Å². The van der Waals surface area contributed by atoms with E-state index in [1.165, 1.54) is 7.11 Å². The SMILES string of the molecule is CCCCC(CN)N=C1c2ccccc2COc2ccc(CC(=O)OC)cc21. The van der Waals surface area contributed by atoms with Gasteiger partial charge in [-0.15, -0.1) is 0 Å². The number of hydrogen-bond acceptors (Lipinski definition) is 5. The van der Waals surface area contributed by atoms with Crippen LogP contribution in [-0.2, 0) is 22.6 Å². The summed E-state index contributed by atoms with van der Waals surface area (Å²) in [6, 6.07) is 14.0. The van der Waals surface area contributed by atoms with Crippen molar-refractivity contribution in [3.05, 3.63) is 64.7 Å². The highest BCUT2D eigenvalue weighted by molar-refractivity contribution is 6.15. The molecule has 0 aromatic heterocycles. The standard InChI is InChI=1S/C23H28N2O3/c1-3-4-8-18(14-24)25-23-19-9-6-5-7-17(19)15-28-21-11-10-16(12-20(21)23)13-22(26)27-2/h5-7,9-12,18H,3-4,8,13-15,24H2,1-2H3. The Kier molecular flexibility index (Phi) is 6.82. The molecule has 148 valence electrons. The van der Waals surface area contributed by atoms with E-state index >= 15 is 0 Å². The minimum Gasteiger partial charge on any atom is -0.488 e. The molecule has 0 radical (unpaired) electrons. The van der Waals surface area contributed by atoms with Crippen LogP contribution in [0.1, 0.15) is 48.4 Å². The van der Waals surface area contributed by atoms with E-state index in [0.717, 1.165) is 53.0 Å². The van der Waals surface area contributed by atoms with Crippen molar-refractivity contribution < 1.29 is 14.3 Å². The first-order valence-electron chi connectivity index (χ1n) is 9.85. The molecule has 1 unspecified atom stereocenters. The third kappa shape index (κ3) is 4.60. The zero-order chi connectivity index (χ0) is 19.9. The molecule has 0 fully saturated rings. The number of fused-ring (bicyclic) bond motifs is 2. The van der Waals surface area contributed by atoms with Gasteiger partial charge >= 0.3 is 5.97 Å². The molecule has 1 aliphatic heterocycles. The first-order chi connectivity index (χ1) is 13.7. The van der Waals surface area contributed by atoms with Gasteiger partial charge in [-0.2, -0.15) is 0 Å². The summed E-state index contributed by atoms with van der Waals surface area (Å²) in [7, 11) is 1.40. The second-order valence-corrected chi connectivity index (χ2v) is 7.04. The first-order valence-corrected chi connectivity index (χ1v) is 9.85. The second kappa shape index (κ2) is 9.51. The quantitative estimate of drug-likeness (QED) is 0.744. The number of aliphatic imine (C=N–C) groups is 1. The number of ether oxygens (including phenoxy) is 2. The largest absolute Gasteiger partial charge is 0.488 e. The molecule has 1 atom stereocenters. The number of nitrogens with zero attached hydrogens (tertiary/aromatic N) is 1. The maximum atomic E-state index is 11.7. The molecule has 0 aliphatic carbocycles. The molecule has 0 bridgehead atoms. The van der Waals surface area contributed by atoms with Crippen LogP contribution in [0.4, 0.5) is 0 Å². The Morgan fingerprint density at radius 1 is 1.25 bits per heavy atom. The van der Waals surface area contributed by atoms with Gasteiger partial charge in [-0.3, -0.25) is 9.79 Å². The van der Waals surface area contributed by atoms with E-state index in [9.17, 15) is 4.79 Å². The lowest BCUT2D eigenvalue weighted by atomic mass is 9.95. The topological polar surface area (TPSA) is 73.9 Å². The highest BCUT2D eigenvalue weighted by atomic mass is 16.5. The third-order valence-corrected chi connectivity index (χ3v) is 5.01. The lowest BCUT2D eigenvalue weighted by Crippen LogP contribution is -2.21. The fraction of sp³-hybridized carbons (Fsp3) is 0.391. The van der Waals surface area contributed by atoms with E-state index in [1.807, 2.05) is 30.3 Å². The van der Waals surface area contributed by atoms with Gasteiger partial charge in [-0.25, -0.2) is 0 Å². The molecule has 0 saturated carbocycles. The summed E-state index contributed by atoms with van der Waals surface area (Å²) >= 11 is 0. The van der Waals surface area contributed by atoms with Gasteiger partial charge in [0.25, 0.3) is 0 Å². The number of rotatable bonds is 7. The van der Waals surface area contributed by atoms with Crippen LogP contribution in [0.2, 0.25) is 0 Å². The number of carbonyl (C=O) groups is 1. The molecular weight excluding hydrogens is 352 g/mol. The van der Waals surface area contributed by atoms with Gasteiger partial charge in [0.1, 0.15) is 12.4 Å². The number of carbonyl (C=O) groups excluding carboxylic acids is 1. The molecular formula is C23H28N2O3.